The third-order valence-corrected chi connectivity index (χ3v) is 7.82. The molecule has 178 valence electrons. The fourth-order valence-electron chi connectivity index (χ4n) is 6.32. The molecule has 4 rings (SSSR count). The van der Waals surface area contributed by atoms with E-state index in [1.54, 1.807) is 19.2 Å². The van der Waals surface area contributed by atoms with Crippen LogP contribution in [0.1, 0.15) is 80.0 Å². The summed E-state index contributed by atoms with van der Waals surface area (Å²) >= 11 is 0. The van der Waals surface area contributed by atoms with Crippen molar-refractivity contribution in [2.45, 2.75) is 63.9 Å². The molecular formula is C28H36O5. The van der Waals surface area contributed by atoms with Crippen LogP contribution in [0.4, 0.5) is 0 Å². The third-order valence-electron chi connectivity index (χ3n) is 7.82. The standard InChI is InChI=1S/C28H36O5/c1-4-18-11-19-13-20(12-18)16-28(2,15-19)24-14-22(7-10-26(24)32-3)25(29)17-33-23-8-5-21(6-9-23)27(30)31/h5-10,14,18-20,25,29H,4,11-13,15-17H2,1-3H3,(H,30,31). The molecule has 5 heteroatoms. The molecule has 0 heterocycles. The first-order valence-electron chi connectivity index (χ1n) is 12.1. The molecule has 2 aromatic carbocycles. The monoisotopic (exact) mass is 452 g/mol. The zero-order chi connectivity index (χ0) is 23.6. The van der Waals surface area contributed by atoms with E-state index < -0.39 is 12.1 Å². The van der Waals surface area contributed by atoms with Gasteiger partial charge in [-0.3, -0.25) is 0 Å². The molecule has 0 radical (unpaired) electrons. The highest BCUT2D eigenvalue weighted by atomic mass is 16.5. The molecule has 0 aliphatic heterocycles. The van der Waals surface area contributed by atoms with Crippen molar-refractivity contribution < 1.29 is 24.5 Å². The number of rotatable bonds is 8. The maximum Gasteiger partial charge on any atom is 0.335 e. The fraction of sp³-hybridized carbons (Fsp3) is 0.536. The van der Waals surface area contributed by atoms with E-state index in [1.165, 1.54) is 56.2 Å². The molecule has 2 N–H and O–H groups in total. The van der Waals surface area contributed by atoms with Crippen molar-refractivity contribution >= 4 is 5.97 Å². The first-order valence-corrected chi connectivity index (χ1v) is 12.1. The zero-order valence-corrected chi connectivity index (χ0v) is 19.9. The van der Waals surface area contributed by atoms with E-state index in [1.807, 2.05) is 12.1 Å². The SMILES string of the molecule is CCC1CC2CC(C1)CC(C)(c1cc(C(O)COc3ccc(C(=O)O)cc3)ccc1OC)C2. The number of carboxylic acids is 1. The minimum absolute atomic E-state index is 0.0425. The number of hydrogen-bond acceptors (Lipinski definition) is 4. The van der Waals surface area contributed by atoms with E-state index in [0.29, 0.717) is 5.75 Å². The van der Waals surface area contributed by atoms with Gasteiger partial charge in [-0.2, -0.15) is 0 Å². The Morgan fingerprint density at radius 2 is 1.76 bits per heavy atom. The van der Waals surface area contributed by atoms with Crippen LogP contribution in [0.25, 0.3) is 0 Å². The van der Waals surface area contributed by atoms with Gasteiger partial charge in [-0.1, -0.05) is 26.3 Å². The van der Waals surface area contributed by atoms with E-state index >= 15 is 0 Å². The van der Waals surface area contributed by atoms with E-state index in [4.69, 9.17) is 14.6 Å². The molecule has 5 nitrogen and oxygen atoms in total. The van der Waals surface area contributed by atoms with Crippen molar-refractivity contribution in [3.05, 3.63) is 59.2 Å². The lowest BCUT2D eigenvalue weighted by Crippen LogP contribution is -2.39. The van der Waals surface area contributed by atoms with Gasteiger partial charge < -0.3 is 19.7 Å². The summed E-state index contributed by atoms with van der Waals surface area (Å²) in [7, 11) is 1.72. The Morgan fingerprint density at radius 1 is 1.09 bits per heavy atom. The number of hydrogen-bond donors (Lipinski definition) is 2. The highest BCUT2D eigenvalue weighted by Gasteiger charge is 2.43. The van der Waals surface area contributed by atoms with E-state index in [2.05, 4.69) is 19.9 Å². The molecule has 3 atom stereocenters. The first-order chi connectivity index (χ1) is 15.8. The molecular weight excluding hydrogens is 416 g/mol. The number of aliphatic hydroxyl groups is 1. The van der Waals surface area contributed by atoms with Gasteiger partial charge in [0.25, 0.3) is 0 Å². The minimum Gasteiger partial charge on any atom is -0.496 e. The molecule has 3 unspecified atom stereocenters. The van der Waals surface area contributed by atoms with Crippen molar-refractivity contribution in [1.82, 2.24) is 0 Å². The maximum atomic E-state index is 11.0. The summed E-state index contributed by atoms with van der Waals surface area (Å²) in [6, 6.07) is 12.2. The summed E-state index contributed by atoms with van der Waals surface area (Å²) in [6.45, 7) is 4.78. The molecule has 33 heavy (non-hydrogen) atoms. The van der Waals surface area contributed by atoms with Crippen molar-refractivity contribution in [2.75, 3.05) is 13.7 Å². The number of fused-ring (bicyclic) bond motifs is 2. The number of carbonyl (C=O) groups is 1. The summed E-state index contributed by atoms with van der Waals surface area (Å²) in [5.41, 5.74) is 2.26. The van der Waals surface area contributed by atoms with Gasteiger partial charge in [0.2, 0.25) is 0 Å². The van der Waals surface area contributed by atoms with Gasteiger partial charge in [-0.15, -0.1) is 0 Å². The predicted molar refractivity (Wildman–Crippen MR) is 128 cm³/mol. The second-order valence-electron chi connectivity index (χ2n) is 10.3. The van der Waals surface area contributed by atoms with Crippen molar-refractivity contribution in [1.29, 1.82) is 0 Å². The van der Waals surface area contributed by atoms with Crippen LogP contribution in [0, 0.1) is 17.8 Å². The zero-order valence-electron chi connectivity index (χ0n) is 19.9. The largest absolute Gasteiger partial charge is 0.496 e. The first kappa shape index (κ1) is 23.6. The quantitative estimate of drug-likeness (QED) is 0.514. The Bertz CT molecular complexity index is 953. The molecule has 0 saturated heterocycles. The lowest BCUT2D eigenvalue weighted by atomic mass is 9.57. The molecule has 0 amide bonds. The Hall–Kier alpha value is -2.53. The Morgan fingerprint density at radius 3 is 2.33 bits per heavy atom. The van der Waals surface area contributed by atoms with Gasteiger partial charge >= 0.3 is 5.97 Å². The van der Waals surface area contributed by atoms with Crippen LogP contribution in [0.15, 0.2) is 42.5 Å². The minimum atomic E-state index is -0.974. The second kappa shape index (κ2) is 9.76. The molecule has 2 fully saturated rings. The fourth-order valence-corrected chi connectivity index (χ4v) is 6.32. The predicted octanol–water partition coefficient (Wildman–Crippen LogP) is 6.00. The van der Waals surface area contributed by atoms with Gasteiger partial charge in [0.15, 0.2) is 0 Å². The normalized spacial score (nSPS) is 27.6. The van der Waals surface area contributed by atoms with Crippen LogP contribution in [0.5, 0.6) is 11.5 Å². The molecule has 0 spiro atoms. The summed E-state index contributed by atoms with van der Waals surface area (Å²) in [5, 5.41) is 19.9. The van der Waals surface area contributed by atoms with Crippen LogP contribution in [-0.4, -0.2) is 29.9 Å². The van der Waals surface area contributed by atoms with Crippen molar-refractivity contribution in [3.63, 3.8) is 0 Å². The van der Waals surface area contributed by atoms with Gasteiger partial charge in [0.05, 0.1) is 12.7 Å². The summed E-state index contributed by atoms with van der Waals surface area (Å²) in [5.74, 6) is 2.86. The second-order valence-corrected chi connectivity index (χ2v) is 10.3. The molecule has 0 aromatic heterocycles. The van der Waals surface area contributed by atoms with E-state index in [9.17, 15) is 9.90 Å². The number of aliphatic hydroxyl groups excluding tert-OH is 1. The highest BCUT2D eigenvalue weighted by Crippen LogP contribution is 2.53. The summed E-state index contributed by atoms with van der Waals surface area (Å²) in [6.07, 6.45) is 6.86. The smallest absolute Gasteiger partial charge is 0.335 e. The molecule has 2 aromatic rings. The van der Waals surface area contributed by atoms with Crippen LogP contribution in [-0.2, 0) is 5.41 Å². The summed E-state index contributed by atoms with van der Waals surface area (Å²) in [4.78, 5) is 11.0. The Kier molecular flexibility index (Phi) is 6.99. The summed E-state index contributed by atoms with van der Waals surface area (Å²) < 4.78 is 11.5. The number of ether oxygens (including phenoxy) is 2. The molecule has 2 aliphatic carbocycles. The Balaban J connectivity index is 1.50. The lowest BCUT2D eigenvalue weighted by molar-refractivity contribution is 0.0696. The molecule has 2 bridgehead atoms. The van der Waals surface area contributed by atoms with Gasteiger partial charge in [0, 0.05) is 5.56 Å². The van der Waals surface area contributed by atoms with E-state index in [0.717, 1.165) is 29.1 Å². The van der Waals surface area contributed by atoms with Crippen LogP contribution >= 0.6 is 0 Å². The number of methoxy groups -OCH3 is 1. The average Bonchev–Trinajstić information content (AvgIpc) is 2.81. The van der Waals surface area contributed by atoms with Crippen molar-refractivity contribution in [2.24, 2.45) is 17.8 Å². The maximum absolute atomic E-state index is 11.0. The Labute approximate surface area is 196 Å². The number of carboxylic acid groups (broad SMARTS) is 1. The lowest BCUT2D eigenvalue weighted by Gasteiger charge is -2.48. The van der Waals surface area contributed by atoms with Crippen molar-refractivity contribution in [3.8, 4) is 11.5 Å². The van der Waals surface area contributed by atoms with Gasteiger partial charge in [-0.25, -0.2) is 4.79 Å². The highest BCUT2D eigenvalue weighted by molar-refractivity contribution is 5.87. The van der Waals surface area contributed by atoms with Gasteiger partial charge in [0.1, 0.15) is 24.2 Å². The van der Waals surface area contributed by atoms with Crippen LogP contribution < -0.4 is 9.47 Å². The average molecular weight is 453 g/mol. The molecule has 2 aliphatic rings. The molecule has 2 saturated carbocycles. The van der Waals surface area contributed by atoms with Crippen LogP contribution in [0.2, 0.25) is 0 Å². The van der Waals surface area contributed by atoms with E-state index in [-0.39, 0.29) is 17.6 Å². The number of benzene rings is 2. The third kappa shape index (κ3) is 5.19. The number of aromatic carboxylic acids is 1. The topological polar surface area (TPSA) is 76.0 Å². The van der Waals surface area contributed by atoms with Crippen LogP contribution in [0.3, 0.4) is 0 Å². The van der Waals surface area contributed by atoms with Gasteiger partial charge in [-0.05, 0) is 97.2 Å².